The first-order valence-electron chi connectivity index (χ1n) is 18.5. The number of fused-ring (bicyclic) bond motifs is 1. The van der Waals surface area contributed by atoms with E-state index < -0.39 is 30.0 Å². The van der Waals surface area contributed by atoms with Crippen LogP contribution in [0.5, 0.6) is 0 Å². The van der Waals surface area contributed by atoms with Gasteiger partial charge in [-0.15, -0.1) is 0 Å². The van der Waals surface area contributed by atoms with Crippen LogP contribution in [0.15, 0.2) is 48.7 Å². The Morgan fingerprint density at radius 3 is 1.70 bits per heavy atom. The number of unbranched alkanes of at least 4 members (excludes halogenated alkanes) is 6. The molecule has 3 aliphatic rings. The smallest absolute Gasteiger partial charge is 0.328 e. The van der Waals surface area contributed by atoms with E-state index >= 15 is 0 Å². The third-order valence-electron chi connectivity index (χ3n) is 9.15. The number of hydrogen-bond donors (Lipinski definition) is 4. The lowest BCUT2D eigenvalue weighted by Crippen LogP contribution is -2.51. The first kappa shape index (κ1) is 45.0. The molecule has 1 unspecified atom stereocenters. The third kappa shape index (κ3) is 17.6. The summed E-state index contributed by atoms with van der Waals surface area (Å²) in [4.78, 5) is 87.7. The Hall–Kier alpha value is -5.12. The van der Waals surface area contributed by atoms with Crippen LogP contribution in [0.4, 0.5) is 5.82 Å². The molecule has 0 bridgehead atoms. The molecule has 16 heteroatoms. The number of carboxylic acids is 4. The molecule has 16 nitrogen and oxygen atoms in total. The summed E-state index contributed by atoms with van der Waals surface area (Å²) < 4.78 is 5.97. The summed E-state index contributed by atoms with van der Waals surface area (Å²) in [5.41, 5.74) is 0. The third-order valence-corrected chi connectivity index (χ3v) is 9.15. The summed E-state index contributed by atoms with van der Waals surface area (Å²) in [6.45, 7) is 6.22. The molecule has 2 amide bonds. The van der Waals surface area contributed by atoms with Crippen LogP contribution in [-0.4, -0.2) is 122 Å². The van der Waals surface area contributed by atoms with Crippen LogP contribution >= 0.6 is 0 Å². The molecular formula is C38H54N4O12. The van der Waals surface area contributed by atoms with Crippen LogP contribution < -0.4 is 4.90 Å². The number of carbonyl (C=O) groups excluding carboxylic acids is 3. The van der Waals surface area contributed by atoms with Crippen molar-refractivity contribution in [3.8, 4) is 0 Å². The van der Waals surface area contributed by atoms with Crippen molar-refractivity contribution in [1.82, 2.24) is 14.8 Å². The number of aromatic nitrogens is 1. The van der Waals surface area contributed by atoms with Crippen LogP contribution in [0, 0.1) is 11.8 Å². The second-order valence-corrected chi connectivity index (χ2v) is 13.3. The average molecular weight is 759 g/mol. The molecule has 0 spiro atoms. The van der Waals surface area contributed by atoms with Crippen LogP contribution in [0.2, 0.25) is 0 Å². The van der Waals surface area contributed by atoms with Crippen LogP contribution in [0.3, 0.4) is 0 Å². The van der Waals surface area contributed by atoms with E-state index in [2.05, 4.69) is 21.7 Å². The molecule has 1 saturated carbocycles. The largest absolute Gasteiger partial charge is 0.478 e. The number of ether oxygens (including phenoxy) is 1. The van der Waals surface area contributed by atoms with Crippen molar-refractivity contribution in [2.75, 3.05) is 44.2 Å². The quantitative estimate of drug-likeness (QED) is 0.0721. The molecule has 2 saturated heterocycles. The Balaban J connectivity index is 0.000000526. The number of likely N-dealkylation sites (tertiary alicyclic amines) is 1. The second kappa shape index (κ2) is 25.0. The summed E-state index contributed by atoms with van der Waals surface area (Å²) in [7, 11) is 0. The number of nitrogens with zero attached hydrogens (tertiary/aromatic N) is 4. The monoisotopic (exact) mass is 758 g/mol. The van der Waals surface area contributed by atoms with Crippen molar-refractivity contribution in [2.24, 2.45) is 11.8 Å². The summed E-state index contributed by atoms with van der Waals surface area (Å²) in [5, 5.41) is 31.2. The van der Waals surface area contributed by atoms with Gasteiger partial charge in [-0.25, -0.2) is 24.2 Å². The molecular weight excluding hydrogens is 704 g/mol. The number of amides is 2. The Morgan fingerprint density at radius 1 is 0.741 bits per heavy atom. The van der Waals surface area contributed by atoms with Gasteiger partial charge in [-0.05, 0) is 31.4 Å². The number of rotatable bonds is 18. The molecule has 1 aromatic heterocycles. The Kier molecular flexibility index (Phi) is 20.8. The van der Waals surface area contributed by atoms with Gasteiger partial charge in [0.05, 0.1) is 18.4 Å². The molecule has 3 fully saturated rings. The zero-order valence-corrected chi connectivity index (χ0v) is 30.9. The van der Waals surface area contributed by atoms with Gasteiger partial charge in [0, 0.05) is 69.6 Å². The summed E-state index contributed by atoms with van der Waals surface area (Å²) in [5.74, 6) is -4.75. The number of pyridine rings is 1. The predicted molar refractivity (Wildman–Crippen MR) is 196 cm³/mol. The van der Waals surface area contributed by atoms with Crippen molar-refractivity contribution in [3.63, 3.8) is 0 Å². The van der Waals surface area contributed by atoms with E-state index in [1.165, 1.54) is 30.6 Å². The number of hydrogen-bond acceptors (Lipinski definition) is 11. The zero-order valence-electron chi connectivity index (χ0n) is 30.9. The molecule has 0 aromatic carbocycles. The topological polar surface area (TPSA) is 232 Å². The predicted octanol–water partition coefficient (Wildman–Crippen LogP) is 3.85. The first-order chi connectivity index (χ1) is 25.8. The van der Waals surface area contributed by atoms with Gasteiger partial charge < -0.3 is 30.1 Å². The lowest BCUT2D eigenvalue weighted by atomic mass is 9.81. The van der Waals surface area contributed by atoms with Gasteiger partial charge in [0.1, 0.15) is 11.9 Å². The maximum atomic E-state index is 13.1. The molecule has 298 valence electrons. The first-order valence-corrected chi connectivity index (χ1v) is 18.5. The maximum Gasteiger partial charge on any atom is 0.328 e. The molecule has 4 N–H and O–H groups in total. The molecule has 3 atom stereocenters. The highest BCUT2D eigenvalue weighted by molar-refractivity contribution is 6.05. The van der Waals surface area contributed by atoms with E-state index in [4.69, 9.17) is 25.2 Å². The lowest BCUT2D eigenvalue weighted by molar-refractivity contribution is -0.155. The van der Waals surface area contributed by atoms with Gasteiger partial charge in [-0.3, -0.25) is 24.2 Å². The average Bonchev–Trinajstić information content (AvgIpc) is 3.38. The fraction of sp³-hybridized carbons (Fsp3) is 0.579. The van der Waals surface area contributed by atoms with Crippen molar-refractivity contribution in [3.05, 3.63) is 48.7 Å². The summed E-state index contributed by atoms with van der Waals surface area (Å²) >= 11 is 0. The van der Waals surface area contributed by atoms with E-state index in [1.54, 1.807) is 0 Å². The number of anilines is 1. The number of aliphatic carboxylic acids is 4. The van der Waals surface area contributed by atoms with Gasteiger partial charge in [0.2, 0.25) is 11.8 Å². The Bertz CT molecular complexity index is 1350. The molecule has 4 rings (SSSR count). The molecule has 2 aliphatic heterocycles. The fourth-order valence-corrected chi connectivity index (χ4v) is 6.49. The van der Waals surface area contributed by atoms with E-state index in [0.717, 1.165) is 76.9 Å². The van der Waals surface area contributed by atoms with E-state index in [9.17, 15) is 33.6 Å². The number of piperazine rings is 1. The molecule has 0 radical (unpaired) electrons. The van der Waals surface area contributed by atoms with Crippen LogP contribution in [0.25, 0.3) is 0 Å². The van der Waals surface area contributed by atoms with Crippen LogP contribution in [-0.2, 0) is 38.3 Å². The maximum absolute atomic E-state index is 13.1. The highest BCUT2D eigenvalue weighted by atomic mass is 16.5. The lowest BCUT2D eigenvalue weighted by Gasteiger charge is -2.37. The summed E-state index contributed by atoms with van der Waals surface area (Å²) in [6.07, 6.45) is 15.5. The number of esters is 1. The van der Waals surface area contributed by atoms with Crippen molar-refractivity contribution < 1.29 is 58.7 Å². The standard InChI is InChI=1S/C30H46N4O4.2C4H4O4/c1-2-3-4-5-6-7-8-16-28(35)38-24(23-34-29(36)25-13-9-10-14-26(25)30(34)37)22-32-18-20-33(21-19-32)27-15-11-12-17-31-27;2*5-3(6)1-2-4(7)8/h11-12,15,17,24-26H,2-10,13-14,16,18-23H2,1H3;2*1-2H,(H,5,6)(H,7,8)/b;2*2-1-/t24?,25-,26+;;. The molecule has 1 aromatic rings. The van der Waals surface area contributed by atoms with Crippen LogP contribution in [0.1, 0.15) is 84.0 Å². The summed E-state index contributed by atoms with van der Waals surface area (Å²) in [6, 6.07) is 5.94. The second-order valence-electron chi connectivity index (χ2n) is 13.3. The molecule has 54 heavy (non-hydrogen) atoms. The Labute approximate surface area is 315 Å². The molecule has 3 heterocycles. The fourth-order valence-electron chi connectivity index (χ4n) is 6.49. The van der Waals surface area contributed by atoms with Gasteiger partial charge in [-0.2, -0.15) is 0 Å². The van der Waals surface area contributed by atoms with Crippen molar-refractivity contribution in [2.45, 2.75) is 90.1 Å². The van der Waals surface area contributed by atoms with E-state index in [-0.39, 0.29) is 36.2 Å². The number of carboxylic acid groups (broad SMARTS) is 4. The van der Waals surface area contributed by atoms with Crippen molar-refractivity contribution >= 4 is 47.5 Å². The minimum absolute atomic E-state index is 0.0622. The Morgan fingerprint density at radius 2 is 1.24 bits per heavy atom. The van der Waals surface area contributed by atoms with Gasteiger partial charge in [0.25, 0.3) is 0 Å². The van der Waals surface area contributed by atoms with Gasteiger partial charge in [0.15, 0.2) is 0 Å². The minimum atomic E-state index is -1.26. The van der Waals surface area contributed by atoms with E-state index in [1.807, 2.05) is 24.4 Å². The van der Waals surface area contributed by atoms with Gasteiger partial charge >= 0.3 is 29.8 Å². The SMILES string of the molecule is CCCCCCCCCC(=O)OC(CN1CCN(c2ccccn2)CC1)CN1C(=O)[C@H]2CCCC[C@H]2C1=O.O=C(O)/C=C\C(=O)O.O=C(O)/C=C\C(=O)O. The van der Waals surface area contributed by atoms with Gasteiger partial charge in [-0.1, -0.05) is 64.4 Å². The highest BCUT2D eigenvalue weighted by Crippen LogP contribution is 2.38. The number of carbonyl (C=O) groups is 7. The molecule has 1 aliphatic carbocycles. The highest BCUT2D eigenvalue weighted by Gasteiger charge is 2.48. The normalized spacial score (nSPS) is 19.0. The minimum Gasteiger partial charge on any atom is -0.478 e. The van der Waals surface area contributed by atoms with Crippen molar-refractivity contribution in [1.29, 1.82) is 0 Å². The zero-order chi connectivity index (χ0) is 39.9. The van der Waals surface area contributed by atoms with E-state index in [0.29, 0.717) is 37.3 Å². The number of imide groups is 1.